The second-order valence-electron chi connectivity index (χ2n) is 6.18. The van der Waals surface area contributed by atoms with E-state index in [9.17, 15) is 16.8 Å². The average Bonchev–Trinajstić information content (AvgIpc) is 2.72. The summed E-state index contributed by atoms with van der Waals surface area (Å²) in [7, 11) is -8.68. The van der Waals surface area contributed by atoms with Crippen LogP contribution >= 0.6 is 23.2 Å². The van der Waals surface area contributed by atoms with E-state index in [1.807, 2.05) is 0 Å². The van der Waals surface area contributed by atoms with Crippen molar-refractivity contribution >= 4 is 49.1 Å². The second kappa shape index (κ2) is 9.26. The van der Waals surface area contributed by atoms with Gasteiger partial charge in [0.2, 0.25) is 24.3 Å². The predicted molar refractivity (Wildman–Crippen MR) is 117 cm³/mol. The van der Waals surface area contributed by atoms with Gasteiger partial charge in [-0.1, -0.05) is 29.3 Å². The fourth-order valence-corrected chi connectivity index (χ4v) is 6.88. The molecule has 0 aliphatic carbocycles. The molecule has 30 heavy (non-hydrogen) atoms. The largest absolute Gasteiger partial charge is 0.289 e. The SMILES string of the molecule is O=S(=O)(c1ccc(Cl)cc1)C(C=NCc1ccccn1)S(=O)(=O)c1ccc(Cl)cc1. The number of hydrogen-bond acceptors (Lipinski definition) is 6. The van der Waals surface area contributed by atoms with Gasteiger partial charge >= 0.3 is 0 Å². The maximum Gasteiger partial charge on any atom is 0.206 e. The van der Waals surface area contributed by atoms with Crippen LogP contribution in [0.5, 0.6) is 0 Å². The third-order valence-electron chi connectivity index (χ3n) is 4.10. The summed E-state index contributed by atoms with van der Waals surface area (Å²) in [6.07, 6.45) is 2.50. The first-order valence-corrected chi connectivity index (χ1v) is 12.4. The molecule has 6 nitrogen and oxygen atoms in total. The Labute approximate surface area is 185 Å². The summed E-state index contributed by atoms with van der Waals surface area (Å²) < 4.78 is 50.9. The van der Waals surface area contributed by atoms with Crippen LogP contribution in [-0.2, 0) is 26.2 Å². The maximum absolute atomic E-state index is 13.2. The number of pyridine rings is 1. The van der Waals surface area contributed by atoms with Crippen molar-refractivity contribution in [2.75, 3.05) is 0 Å². The Morgan fingerprint density at radius 2 is 1.30 bits per heavy atom. The molecule has 0 saturated heterocycles. The normalized spacial score (nSPS) is 12.5. The van der Waals surface area contributed by atoms with Crippen molar-refractivity contribution in [1.82, 2.24) is 4.98 Å². The molecular formula is C20H16Cl2N2O4S2. The number of hydrogen-bond donors (Lipinski definition) is 0. The van der Waals surface area contributed by atoms with E-state index in [4.69, 9.17) is 23.2 Å². The highest BCUT2D eigenvalue weighted by molar-refractivity contribution is 8.10. The number of aliphatic imine (C=N–C) groups is 1. The molecule has 3 rings (SSSR count). The molecule has 0 atom stereocenters. The highest BCUT2D eigenvalue weighted by atomic mass is 35.5. The molecule has 0 radical (unpaired) electrons. The molecule has 156 valence electrons. The summed E-state index contributed by atoms with van der Waals surface area (Å²) in [6, 6.07) is 15.7. The fraction of sp³-hybridized carbons (Fsp3) is 0.100. The fourth-order valence-electron chi connectivity index (χ4n) is 2.57. The highest BCUT2D eigenvalue weighted by Gasteiger charge is 2.38. The van der Waals surface area contributed by atoms with Gasteiger partial charge < -0.3 is 0 Å². The molecule has 1 aromatic heterocycles. The standard InChI is InChI=1S/C20H16Cl2N2O4S2/c21-15-4-8-18(9-5-15)29(25,26)20(14-23-13-17-3-1-2-12-24-17)30(27,28)19-10-6-16(22)7-11-19/h1-12,14,20H,13H2. The topological polar surface area (TPSA) is 93.5 Å². The summed E-state index contributed by atoms with van der Waals surface area (Å²) in [5.74, 6) is 0. The summed E-state index contributed by atoms with van der Waals surface area (Å²) in [5.41, 5.74) is 0.570. The Morgan fingerprint density at radius 1 is 0.800 bits per heavy atom. The van der Waals surface area contributed by atoms with E-state index < -0.39 is 24.3 Å². The lowest BCUT2D eigenvalue weighted by molar-refractivity contribution is 0.584. The van der Waals surface area contributed by atoms with E-state index in [2.05, 4.69) is 9.98 Å². The third-order valence-corrected chi connectivity index (χ3v) is 9.45. The van der Waals surface area contributed by atoms with Gasteiger partial charge in [0.1, 0.15) is 0 Å². The minimum Gasteiger partial charge on any atom is -0.289 e. The van der Waals surface area contributed by atoms with E-state index in [1.54, 1.807) is 24.4 Å². The summed E-state index contributed by atoms with van der Waals surface area (Å²) >= 11 is 11.7. The van der Waals surface area contributed by atoms with E-state index in [0.717, 1.165) is 6.21 Å². The van der Waals surface area contributed by atoms with E-state index in [0.29, 0.717) is 15.7 Å². The zero-order valence-corrected chi connectivity index (χ0v) is 18.5. The van der Waals surface area contributed by atoms with Crippen LogP contribution in [-0.4, -0.2) is 32.6 Å². The van der Waals surface area contributed by atoms with Gasteiger partial charge in [0.15, 0.2) is 0 Å². The van der Waals surface area contributed by atoms with Crippen molar-refractivity contribution in [1.29, 1.82) is 0 Å². The average molecular weight is 483 g/mol. The Kier molecular flexibility index (Phi) is 6.92. The van der Waals surface area contributed by atoms with Crippen molar-refractivity contribution in [2.24, 2.45) is 4.99 Å². The van der Waals surface area contributed by atoms with Gasteiger partial charge in [0.05, 0.1) is 22.0 Å². The molecule has 0 amide bonds. The molecule has 0 bridgehead atoms. The molecule has 3 aromatic rings. The number of aromatic nitrogens is 1. The minimum absolute atomic E-state index is 0.0314. The number of sulfone groups is 2. The van der Waals surface area contributed by atoms with Crippen molar-refractivity contribution < 1.29 is 16.8 Å². The Balaban J connectivity index is 2.05. The Morgan fingerprint density at radius 3 is 1.73 bits per heavy atom. The highest BCUT2D eigenvalue weighted by Crippen LogP contribution is 2.26. The zero-order chi connectivity index (χ0) is 21.8. The van der Waals surface area contributed by atoms with Crippen LogP contribution in [0.1, 0.15) is 5.69 Å². The van der Waals surface area contributed by atoms with Crippen molar-refractivity contribution in [3.63, 3.8) is 0 Å². The predicted octanol–water partition coefficient (Wildman–Crippen LogP) is 4.23. The summed E-state index contributed by atoms with van der Waals surface area (Å²) in [5, 5.41) is 0.657. The monoisotopic (exact) mass is 482 g/mol. The second-order valence-corrected chi connectivity index (χ2v) is 11.5. The van der Waals surface area contributed by atoms with Crippen LogP contribution < -0.4 is 0 Å². The third kappa shape index (κ3) is 5.07. The Hall–Kier alpha value is -2.26. The van der Waals surface area contributed by atoms with Crippen LogP contribution in [0.25, 0.3) is 0 Å². The summed E-state index contributed by atoms with van der Waals surface area (Å²) in [6.45, 7) is 0.0314. The lowest BCUT2D eigenvalue weighted by atomic mass is 10.3. The lowest BCUT2D eigenvalue weighted by Crippen LogP contribution is -2.32. The van der Waals surface area contributed by atoms with Crippen LogP contribution in [0.4, 0.5) is 0 Å². The van der Waals surface area contributed by atoms with Crippen LogP contribution in [0.3, 0.4) is 0 Å². The molecule has 0 fully saturated rings. The number of rotatable bonds is 7. The van der Waals surface area contributed by atoms with Crippen molar-refractivity contribution in [3.8, 4) is 0 Å². The molecular weight excluding hydrogens is 467 g/mol. The van der Waals surface area contributed by atoms with E-state index in [1.165, 1.54) is 48.5 Å². The molecule has 0 aliphatic heterocycles. The van der Waals surface area contributed by atoms with E-state index in [-0.39, 0.29) is 16.3 Å². The first-order valence-electron chi connectivity index (χ1n) is 8.60. The number of halogens is 2. The van der Waals surface area contributed by atoms with Crippen LogP contribution in [0.15, 0.2) is 87.7 Å². The van der Waals surface area contributed by atoms with Gasteiger partial charge in [0.25, 0.3) is 0 Å². The molecule has 0 N–H and O–H groups in total. The van der Waals surface area contributed by atoms with E-state index >= 15 is 0 Å². The van der Waals surface area contributed by atoms with Crippen molar-refractivity contribution in [3.05, 3.63) is 88.7 Å². The molecule has 1 heterocycles. The minimum atomic E-state index is -4.34. The van der Waals surface area contributed by atoms with Crippen molar-refractivity contribution in [2.45, 2.75) is 20.9 Å². The molecule has 2 aromatic carbocycles. The maximum atomic E-state index is 13.2. The lowest BCUT2D eigenvalue weighted by Gasteiger charge is -2.15. The smallest absolute Gasteiger partial charge is 0.206 e. The van der Waals surface area contributed by atoms with Gasteiger partial charge in [-0.25, -0.2) is 16.8 Å². The van der Waals surface area contributed by atoms with Gasteiger partial charge in [-0.05, 0) is 60.7 Å². The number of benzene rings is 2. The molecule has 0 spiro atoms. The molecule has 0 aliphatic rings. The van der Waals surface area contributed by atoms with Gasteiger partial charge in [-0.2, -0.15) is 0 Å². The number of nitrogens with zero attached hydrogens (tertiary/aromatic N) is 2. The van der Waals surface area contributed by atoms with Crippen LogP contribution in [0, 0.1) is 0 Å². The molecule has 0 unspecified atom stereocenters. The van der Waals surface area contributed by atoms with Gasteiger partial charge in [-0.15, -0.1) is 0 Å². The quantitative estimate of drug-likeness (QED) is 0.469. The first kappa shape index (κ1) is 22.4. The first-order chi connectivity index (χ1) is 14.2. The van der Waals surface area contributed by atoms with Crippen LogP contribution in [0.2, 0.25) is 10.0 Å². The zero-order valence-electron chi connectivity index (χ0n) is 15.4. The Bertz CT molecular complexity index is 1170. The summed E-state index contributed by atoms with van der Waals surface area (Å²) in [4.78, 5) is 7.79. The molecule has 0 saturated carbocycles. The van der Waals surface area contributed by atoms with Gasteiger partial charge in [0, 0.05) is 22.5 Å². The molecule has 10 heteroatoms. The van der Waals surface area contributed by atoms with Gasteiger partial charge in [-0.3, -0.25) is 9.98 Å².